The fourth-order valence-electron chi connectivity index (χ4n) is 2.58. The van der Waals surface area contributed by atoms with Crippen LogP contribution in [0.25, 0.3) is 0 Å². The van der Waals surface area contributed by atoms with Crippen LogP contribution >= 0.6 is 0 Å². The molecule has 2 aromatic carbocycles. The van der Waals surface area contributed by atoms with Gasteiger partial charge in [-0.2, -0.15) is 0 Å². The third-order valence-corrected chi connectivity index (χ3v) is 3.78. The van der Waals surface area contributed by atoms with Crippen molar-refractivity contribution in [2.45, 2.75) is 38.5 Å². The SMILES string of the molecule is CCCCC(Cc1ccc(C=O)cc1)c1ccccc1. The van der Waals surface area contributed by atoms with Gasteiger partial charge in [0.2, 0.25) is 0 Å². The van der Waals surface area contributed by atoms with Crippen molar-refractivity contribution in [3.63, 3.8) is 0 Å². The third kappa shape index (κ3) is 4.06. The summed E-state index contributed by atoms with van der Waals surface area (Å²) in [6.07, 6.45) is 5.65. The first-order chi connectivity index (χ1) is 9.83. The molecule has 0 aliphatic heterocycles. The van der Waals surface area contributed by atoms with Gasteiger partial charge in [0.25, 0.3) is 0 Å². The van der Waals surface area contributed by atoms with Crippen LogP contribution in [-0.2, 0) is 6.42 Å². The lowest BCUT2D eigenvalue weighted by Gasteiger charge is -2.17. The molecule has 0 aromatic heterocycles. The number of unbranched alkanes of at least 4 members (excludes halogenated alkanes) is 1. The van der Waals surface area contributed by atoms with Gasteiger partial charge in [0.15, 0.2) is 0 Å². The molecule has 0 heterocycles. The van der Waals surface area contributed by atoms with Crippen molar-refractivity contribution in [3.8, 4) is 0 Å². The molecule has 0 N–H and O–H groups in total. The molecule has 0 bridgehead atoms. The maximum absolute atomic E-state index is 10.7. The molecule has 2 rings (SSSR count). The van der Waals surface area contributed by atoms with Gasteiger partial charge >= 0.3 is 0 Å². The van der Waals surface area contributed by atoms with Gasteiger partial charge < -0.3 is 0 Å². The number of aldehydes is 1. The smallest absolute Gasteiger partial charge is 0.150 e. The van der Waals surface area contributed by atoms with Crippen molar-refractivity contribution in [2.75, 3.05) is 0 Å². The van der Waals surface area contributed by atoms with E-state index in [1.54, 1.807) is 0 Å². The molecule has 0 spiro atoms. The zero-order valence-electron chi connectivity index (χ0n) is 12.1. The number of rotatable bonds is 7. The first-order valence-electron chi connectivity index (χ1n) is 7.42. The molecule has 0 fully saturated rings. The van der Waals surface area contributed by atoms with Crippen molar-refractivity contribution >= 4 is 6.29 Å². The van der Waals surface area contributed by atoms with Crippen LogP contribution in [0.5, 0.6) is 0 Å². The number of carbonyl (C=O) groups is 1. The molecule has 1 heteroatoms. The molecule has 1 nitrogen and oxygen atoms in total. The molecule has 2 aromatic rings. The van der Waals surface area contributed by atoms with E-state index < -0.39 is 0 Å². The lowest BCUT2D eigenvalue weighted by atomic mass is 9.88. The Kier molecular flexibility index (Phi) is 5.55. The van der Waals surface area contributed by atoms with E-state index in [2.05, 4.69) is 49.4 Å². The lowest BCUT2D eigenvalue weighted by Crippen LogP contribution is -2.03. The fraction of sp³-hybridized carbons (Fsp3) is 0.316. The third-order valence-electron chi connectivity index (χ3n) is 3.78. The number of hydrogen-bond donors (Lipinski definition) is 0. The summed E-state index contributed by atoms with van der Waals surface area (Å²) in [5, 5.41) is 0. The van der Waals surface area contributed by atoms with E-state index in [0.717, 1.165) is 18.3 Å². The van der Waals surface area contributed by atoms with Crippen LogP contribution in [0.2, 0.25) is 0 Å². The topological polar surface area (TPSA) is 17.1 Å². The molecule has 0 saturated carbocycles. The maximum Gasteiger partial charge on any atom is 0.150 e. The minimum absolute atomic E-state index is 0.568. The van der Waals surface area contributed by atoms with E-state index in [1.165, 1.54) is 30.4 Å². The van der Waals surface area contributed by atoms with Gasteiger partial charge in [-0.15, -0.1) is 0 Å². The van der Waals surface area contributed by atoms with Gasteiger partial charge in [-0.1, -0.05) is 74.4 Å². The number of benzene rings is 2. The summed E-state index contributed by atoms with van der Waals surface area (Å²) in [6.45, 7) is 2.24. The molecule has 0 aliphatic carbocycles. The van der Waals surface area contributed by atoms with Crippen LogP contribution in [-0.4, -0.2) is 6.29 Å². The van der Waals surface area contributed by atoms with Crippen LogP contribution in [0.4, 0.5) is 0 Å². The molecule has 104 valence electrons. The normalized spacial score (nSPS) is 12.1. The van der Waals surface area contributed by atoms with E-state index in [4.69, 9.17) is 0 Å². The second-order valence-electron chi connectivity index (χ2n) is 5.31. The van der Waals surface area contributed by atoms with Gasteiger partial charge in [0.05, 0.1) is 0 Å². The first kappa shape index (κ1) is 14.5. The summed E-state index contributed by atoms with van der Waals surface area (Å²) in [5.41, 5.74) is 3.47. The first-order valence-corrected chi connectivity index (χ1v) is 7.42. The molecule has 0 radical (unpaired) electrons. The van der Waals surface area contributed by atoms with Crippen molar-refractivity contribution in [3.05, 3.63) is 71.3 Å². The van der Waals surface area contributed by atoms with Crippen molar-refractivity contribution in [1.82, 2.24) is 0 Å². The van der Waals surface area contributed by atoms with Crippen LogP contribution in [0, 0.1) is 0 Å². The summed E-state index contributed by atoms with van der Waals surface area (Å²) < 4.78 is 0. The fourth-order valence-corrected chi connectivity index (χ4v) is 2.58. The zero-order valence-corrected chi connectivity index (χ0v) is 12.1. The van der Waals surface area contributed by atoms with Crippen molar-refractivity contribution in [2.24, 2.45) is 0 Å². The Bertz CT molecular complexity index is 513. The molecule has 1 atom stereocenters. The minimum Gasteiger partial charge on any atom is -0.298 e. The van der Waals surface area contributed by atoms with E-state index >= 15 is 0 Å². The standard InChI is InChI=1S/C19H22O/c1-2-3-7-19(18-8-5-4-6-9-18)14-16-10-12-17(15-20)13-11-16/h4-6,8-13,15,19H,2-3,7,14H2,1H3. The van der Waals surface area contributed by atoms with E-state index in [9.17, 15) is 4.79 Å². The second-order valence-corrected chi connectivity index (χ2v) is 5.31. The Labute approximate surface area is 121 Å². The zero-order chi connectivity index (χ0) is 14.2. The highest BCUT2D eigenvalue weighted by Crippen LogP contribution is 2.26. The largest absolute Gasteiger partial charge is 0.298 e. The average molecular weight is 266 g/mol. The van der Waals surface area contributed by atoms with Crippen molar-refractivity contribution in [1.29, 1.82) is 0 Å². The number of carbonyl (C=O) groups excluding carboxylic acids is 1. The van der Waals surface area contributed by atoms with Gasteiger partial charge in [-0.3, -0.25) is 4.79 Å². The van der Waals surface area contributed by atoms with Gasteiger partial charge in [0.1, 0.15) is 6.29 Å². The highest BCUT2D eigenvalue weighted by Gasteiger charge is 2.11. The van der Waals surface area contributed by atoms with Gasteiger partial charge in [-0.05, 0) is 29.9 Å². The summed E-state index contributed by atoms with van der Waals surface area (Å²) in [7, 11) is 0. The Balaban J connectivity index is 2.12. The monoisotopic (exact) mass is 266 g/mol. The maximum atomic E-state index is 10.7. The van der Waals surface area contributed by atoms with Crippen LogP contribution in [0.3, 0.4) is 0 Å². The van der Waals surface area contributed by atoms with Gasteiger partial charge in [-0.25, -0.2) is 0 Å². The van der Waals surface area contributed by atoms with E-state index in [0.29, 0.717) is 5.92 Å². The highest BCUT2D eigenvalue weighted by molar-refractivity contribution is 5.74. The van der Waals surface area contributed by atoms with Gasteiger partial charge in [0, 0.05) is 5.56 Å². The lowest BCUT2D eigenvalue weighted by molar-refractivity contribution is 0.112. The highest BCUT2D eigenvalue weighted by atomic mass is 16.1. The second kappa shape index (κ2) is 7.64. The molecule has 0 saturated heterocycles. The molecule has 0 aliphatic rings. The molecule has 20 heavy (non-hydrogen) atoms. The summed E-state index contributed by atoms with van der Waals surface area (Å²) in [5.74, 6) is 0.568. The summed E-state index contributed by atoms with van der Waals surface area (Å²) in [4.78, 5) is 10.7. The summed E-state index contributed by atoms with van der Waals surface area (Å²) >= 11 is 0. The van der Waals surface area contributed by atoms with E-state index in [-0.39, 0.29) is 0 Å². The molecular weight excluding hydrogens is 244 g/mol. The van der Waals surface area contributed by atoms with Crippen LogP contribution < -0.4 is 0 Å². The van der Waals surface area contributed by atoms with E-state index in [1.807, 2.05) is 12.1 Å². The summed E-state index contributed by atoms with van der Waals surface area (Å²) in [6, 6.07) is 18.7. The number of hydrogen-bond acceptors (Lipinski definition) is 1. The Morgan fingerprint density at radius 2 is 1.70 bits per heavy atom. The minimum atomic E-state index is 0.568. The Morgan fingerprint density at radius 1 is 1.00 bits per heavy atom. The average Bonchev–Trinajstić information content (AvgIpc) is 2.53. The molecule has 0 amide bonds. The Hall–Kier alpha value is -1.89. The van der Waals surface area contributed by atoms with Crippen LogP contribution in [0.1, 0.15) is 53.6 Å². The molecular formula is C19H22O. The Morgan fingerprint density at radius 3 is 2.30 bits per heavy atom. The van der Waals surface area contributed by atoms with Crippen LogP contribution in [0.15, 0.2) is 54.6 Å². The predicted octanol–water partition coefficient (Wildman–Crippen LogP) is 5.02. The predicted molar refractivity (Wildman–Crippen MR) is 84.2 cm³/mol. The van der Waals surface area contributed by atoms with Crippen molar-refractivity contribution < 1.29 is 4.79 Å². The molecule has 1 unspecified atom stereocenters. The quantitative estimate of drug-likeness (QED) is 0.643.